The molecule has 2 aromatic rings. The Kier molecular flexibility index (Phi) is 7.96. The molecule has 3 unspecified atom stereocenters. The fourth-order valence-corrected chi connectivity index (χ4v) is 5.91. The first-order valence-electron chi connectivity index (χ1n) is 12.0. The van der Waals surface area contributed by atoms with Gasteiger partial charge in [0.2, 0.25) is 0 Å². The number of alkyl halides is 3. The lowest BCUT2D eigenvalue weighted by Crippen LogP contribution is -2.48. The second kappa shape index (κ2) is 11.2. The van der Waals surface area contributed by atoms with Crippen molar-refractivity contribution in [1.82, 2.24) is 4.90 Å². The SMILES string of the molecule is COc1cccc(OC(F)(F)F)c1C1CC(=O)C2(CCCN(CC#CCN=[N+]=[N-])C2c2ccccc2)C1. The molecule has 0 amide bonds. The highest BCUT2D eigenvalue weighted by atomic mass is 19.4. The number of hydrogen-bond donors (Lipinski definition) is 0. The molecular formula is C27H27F3N4O3. The molecule has 2 aromatic carbocycles. The molecule has 0 aromatic heterocycles. The molecule has 37 heavy (non-hydrogen) atoms. The Morgan fingerprint density at radius 1 is 1.16 bits per heavy atom. The van der Waals surface area contributed by atoms with Crippen molar-refractivity contribution >= 4 is 5.78 Å². The highest BCUT2D eigenvalue weighted by Gasteiger charge is 2.56. The zero-order chi connectivity index (χ0) is 26.5. The minimum Gasteiger partial charge on any atom is -0.496 e. The summed E-state index contributed by atoms with van der Waals surface area (Å²) in [5.74, 6) is 5.33. The molecule has 0 N–H and O–H groups in total. The zero-order valence-electron chi connectivity index (χ0n) is 20.4. The molecule has 4 rings (SSSR count). The van der Waals surface area contributed by atoms with E-state index >= 15 is 0 Å². The van der Waals surface area contributed by atoms with Gasteiger partial charge in [0, 0.05) is 28.4 Å². The molecule has 1 spiro atoms. The van der Waals surface area contributed by atoms with Crippen molar-refractivity contribution in [2.75, 3.05) is 26.7 Å². The number of ketones is 1. The summed E-state index contributed by atoms with van der Waals surface area (Å²) < 4.78 is 49.5. The summed E-state index contributed by atoms with van der Waals surface area (Å²) in [6.07, 6.45) is -3.05. The van der Waals surface area contributed by atoms with Crippen LogP contribution in [0.5, 0.6) is 11.5 Å². The number of carbonyl (C=O) groups is 1. The maximum absolute atomic E-state index is 13.9. The van der Waals surface area contributed by atoms with Gasteiger partial charge < -0.3 is 9.47 Å². The number of piperidine rings is 1. The fraction of sp³-hybridized carbons (Fsp3) is 0.444. The van der Waals surface area contributed by atoms with E-state index in [4.69, 9.17) is 10.3 Å². The summed E-state index contributed by atoms with van der Waals surface area (Å²) in [6.45, 7) is 1.14. The van der Waals surface area contributed by atoms with Gasteiger partial charge in [0.25, 0.3) is 0 Å². The lowest BCUT2D eigenvalue weighted by atomic mass is 9.68. The second-order valence-corrected chi connectivity index (χ2v) is 9.23. The topological polar surface area (TPSA) is 87.5 Å². The smallest absolute Gasteiger partial charge is 0.496 e. The van der Waals surface area contributed by atoms with Crippen LogP contribution in [-0.2, 0) is 4.79 Å². The molecule has 1 aliphatic carbocycles. The summed E-state index contributed by atoms with van der Waals surface area (Å²) in [5.41, 5.74) is 8.90. The molecule has 0 bridgehead atoms. The van der Waals surface area contributed by atoms with E-state index in [-0.39, 0.29) is 41.9 Å². The van der Waals surface area contributed by atoms with Crippen LogP contribution in [0.3, 0.4) is 0 Å². The quantitative estimate of drug-likeness (QED) is 0.200. The maximum atomic E-state index is 13.9. The lowest BCUT2D eigenvalue weighted by Gasteiger charge is -2.47. The predicted octanol–water partition coefficient (Wildman–Crippen LogP) is 6.18. The third-order valence-corrected chi connectivity index (χ3v) is 7.17. The summed E-state index contributed by atoms with van der Waals surface area (Å²) in [6, 6.07) is 13.7. The Hall–Kier alpha value is -3.67. The van der Waals surface area contributed by atoms with Crippen molar-refractivity contribution in [3.05, 3.63) is 70.1 Å². The highest BCUT2D eigenvalue weighted by molar-refractivity contribution is 5.89. The third-order valence-electron chi connectivity index (χ3n) is 7.17. The van der Waals surface area contributed by atoms with Crippen LogP contribution in [-0.4, -0.2) is 43.8 Å². The molecular weight excluding hydrogens is 485 g/mol. The monoisotopic (exact) mass is 512 g/mol. The first-order chi connectivity index (χ1) is 17.8. The highest BCUT2D eigenvalue weighted by Crippen LogP contribution is 2.59. The first kappa shape index (κ1) is 26.4. The Bertz CT molecular complexity index is 1230. The lowest BCUT2D eigenvalue weighted by molar-refractivity contribution is -0.275. The number of ether oxygens (including phenoxy) is 2. The van der Waals surface area contributed by atoms with E-state index in [1.165, 1.54) is 19.2 Å². The van der Waals surface area contributed by atoms with Gasteiger partial charge in [-0.15, -0.1) is 13.2 Å². The Morgan fingerprint density at radius 2 is 1.92 bits per heavy atom. The van der Waals surface area contributed by atoms with E-state index in [0.29, 0.717) is 25.9 Å². The molecule has 1 saturated carbocycles. The van der Waals surface area contributed by atoms with Gasteiger partial charge >= 0.3 is 6.36 Å². The number of rotatable bonds is 6. The summed E-state index contributed by atoms with van der Waals surface area (Å²) in [7, 11) is 1.40. The van der Waals surface area contributed by atoms with Crippen molar-refractivity contribution in [2.45, 2.75) is 44.0 Å². The van der Waals surface area contributed by atoms with Crippen LogP contribution in [0.1, 0.15) is 48.8 Å². The number of benzene rings is 2. The molecule has 1 saturated heterocycles. The van der Waals surface area contributed by atoms with E-state index in [0.717, 1.165) is 12.0 Å². The van der Waals surface area contributed by atoms with Crippen LogP contribution in [0.4, 0.5) is 13.2 Å². The van der Waals surface area contributed by atoms with Crippen LogP contribution < -0.4 is 9.47 Å². The van der Waals surface area contributed by atoms with Gasteiger partial charge in [0.1, 0.15) is 17.3 Å². The predicted molar refractivity (Wildman–Crippen MR) is 131 cm³/mol. The van der Waals surface area contributed by atoms with Crippen molar-refractivity contribution in [3.63, 3.8) is 0 Å². The molecule has 0 radical (unpaired) electrons. The second-order valence-electron chi connectivity index (χ2n) is 9.23. The average Bonchev–Trinajstić information content (AvgIpc) is 3.18. The summed E-state index contributed by atoms with van der Waals surface area (Å²) >= 11 is 0. The van der Waals surface area contributed by atoms with Crippen molar-refractivity contribution in [2.24, 2.45) is 10.5 Å². The minimum absolute atomic E-state index is 0.0157. The molecule has 2 fully saturated rings. The van der Waals surface area contributed by atoms with E-state index in [1.54, 1.807) is 6.07 Å². The maximum Gasteiger partial charge on any atom is 0.573 e. The van der Waals surface area contributed by atoms with Gasteiger partial charge in [0.15, 0.2) is 0 Å². The number of carbonyl (C=O) groups excluding carboxylic acids is 1. The van der Waals surface area contributed by atoms with Crippen LogP contribution in [0.15, 0.2) is 53.6 Å². The number of nitrogens with zero attached hydrogens (tertiary/aromatic N) is 4. The van der Waals surface area contributed by atoms with Crippen molar-refractivity contribution in [1.29, 1.82) is 0 Å². The molecule has 1 heterocycles. The van der Waals surface area contributed by atoms with Gasteiger partial charge in [-0.3, -0.25) is 9.69 Å². The van der Waals surface area contributed by atoms with Crippen LogP contribution in [0, 0.1) is 17.3 Å². The Balaban J connectivity index is 1.73. The summed E-state index contributed by atoms with van der Waals surface area (Å²) in [4.78, 5) is 18.7. The third kappa shape index (κ3) is 5.68. The Morgan fingerprint density at radius 3 is 2.62 bits per heavy atom. The van der Waals surface area contributed by atoms with E-state index in [9.17, 15) is 18.0 Å². The standard InChI is InChI=1S/C27H27F3N4O3/c1-36-21-11-7-12-22(37-27(28,29)30)24(21)20-17-23(35)26(18-20)13-8-16-34(15-6-5-14-32-33-31)25(26)19-9-3-2-4-10-19/h2-4,7,9-12,20,25H,8,13-18H2,1H3. The summed E-state index contributed by atoms with van der Waals surface area (Å²) in [5, 5.41) is 3.44. The van der Waals surface area contributed by atoms with Gasteiger partial charge in [-0.25, -0.2) is 0 Å². The molecule has 10 heteroatoms. The van der Waals surface area contributed by atoms with Gasteiger partial charge in [-0.1, -0.05) is 53.4 Å². The molecule has 1 aliphatic heterocycles. The first-order valence-corrected chi connectivity index (χ1v) is 12.0. The van der Waals surface area contributed by atoms with Gasteiger partial charge in [0.05, 0.1) is 20.2 Å². The number of Topliss-reactive ketones (excluding diaryl/α,β-unsaturated/α-hetero) is 1. The van der Waals surface area contributed by atoms with E-state index in [2.05, 4.69) is 31.5 Å². The van der Waals surface area contributed by atoms with Crippen LogP contribution in [0.25, 0.3) is 10.4 Å². The van der Waals surface area contributed by atoms with Crippen LogP contribution in [0.2, 0.25) is 0 Å². The van der Waals surface area contributed by atoms with Gasteiger partial charge in [-0.05, 0) is 55.0 Å². The average molecular weight is 513 g/mol. The number of methoxy groups -OCH3 is 1. The minimum atomic E-state index is -4.87. The van der Waals surface area contributed by atoms with Crippen molar-refractivity contribution < 1.29 is 27.4 Å². The molecule has 2 aliphatic rings. The van der Waals surface area contributed by atoms with E-state index < -0.39 is 17.7 Å². The number of likely N-dealkylation sites (tertiary alicyclic amines) is 1. The van der Waals surface area contributed by atoms with E-state index in [1.807, 2.05) is 30.3 Å². The number of azide groups is 1. The fourth-order valence-electron chi connectivity index (χ4n) is 5.91. The molecule has 7 nitrogen and oxygen atoms in total. The van der Waals surface area contributed by atoms with Crippen molar-refractivity contribution in [3.8, 4) is 23.3 Å². The normalized spacial score (nSPS) is 23.7. The molecule has 194 valence electrons. The van der Waals surface area contributed by atoms with Crippen LogP contribution >= 0.6 is 0 Å². The Labute approximate surface area is 213 Å². The zero-order valence-corrected chi connectivity index (χ0v) is 20.4. The molecule has 3 atom stereocenters. The van der Waals surface area contributed by atoms with Gasteiger partial charge in [-0.2, -0.15) is 0 Å². The largest absolute Gasteiger partial charge is 0.573 e. The number of halogens is 3. The number of hydrogen-bond acceptors (Lipinski definition) is 5.